The number of hydrogen-bond acceptors (Lipinski definition) is 1. The van der Waals surface area contributed by atoms with Gasteiger partial charge in [-0.3, -0.25) is 0 Å². The monoisotopic (exact) mass is 284 g/mol. The van der Waals surface area contributed by atoms with Gasteiger partial charge in [0.1, 0.15) is 0 Å². The van der Waals surface area contributed by atoms with Crippen LogP contribution in [0.15, 0.2) is 0 Å². The molecule has 1 nitrogen and oxygen atoms in total. The molecule has 0 aliphatic rings. The van der Waals surface area contributed by atoms with Gasteiger partial charge in [0.2, 0.25) is 0 Å². The largest absolute Gasteiger partial charge is 0.390 e. The summed E-state index contributed by atoms with van der Waals surface area (Å²) in [6, 6.07) is 0. The fourth-order valence-corrected chi connectivity index (χ4v) is 2.75. The van der Waals surface area contributed by atoms with Gasteiger partial charge in [0, 0.05) is 0 Å². The fourth-order valence-electron chi connectivity index (χ4n) is 2.75. The number of hydrogen-bond donors (Lipinski definition) is 1. The first-order valence-electron chi connectivity index (χ1n) is 9.28. The molecule has 0 spiro atoms. The maximum Gasteiger partial charge on any atom is 0.0591 e. The minimum Gasteiger partial charge on any atom is -0.390 e. The van der Waals surface area contributed by atoms with E-state index in [4.69, 9.17) is 0 Å². The molecule has 20 heavy (non-hydrogen) atoms. The van der Waals surface area contributed by atoms with E-state index in [1.54, 1.807) is 0 Å². The lowest BCUT2D eigenvalue weighted by molar-refractivity contribution is 0.0680. The van der Waals surface area contributed by atoms with E-state index in [0.717, 1.165) is 6.42 Å². The van der Waals surface area contributed by atoms with Crippen molar-refractivity contribution in [3.05, 3.63) is 0 Å². The van der Waals surface area contributed by atoms with Crippen molar-refractivity contribution >= 4 is 0 Å². The summed E-state index contributed by atoms with van der Waals surface area (Å²) in [5.41, 5.74) is -0.461. The Hall–Kier alpha value is -0.0400. The minimum absolute atomic E-state index is 0.461. The Morgan fingerprint density at radius 3 is 1.15 bits per heavy atom. The van der Waals surface area contributed by atoms with Gasteiger partial charge in [0.25, 0.3) is 0 Å². The van der Waals surface area contributed by atoms with E-state index in [9.17, 15) is 5.11 Å². The third kappa shape index (κ3) is 18.0. The van der Waals surface area contributed by atoms with E-state index in [1.807, 2.05) is 13.8 Å². The van der Waals surface area contributed by atoms with Crippen LogP contribution in [0.1, 0.15) is 117 Å². The Bertz CT molecular complexity index is 181. The summed E-state index contributed by atoms with van der Waals surface area (Å²) < 4.78 is 0. The van der Waals surface area contributed by atoms with Crippen LogP contribution in [0.4, 0.5) is 0 Å². The van der Waals surface area contributed by atoms with Crippen molar-refractivity contribution in [1.29, 1.82) is 0 Å². The van der Waals surface area contributed by atoms with Crippen LogP contribution >= 0.6 is 0 Å². The van der Waals surface area contributed by atoms with Gasteiger partial charge in [-0.1, -0.05) is 96.8 Å². The van der Waals surface area contributed by atoms with Crippen LogP contribution in [-0.2, 0) is 0 Å². The Balaban J connectivity index is 2.99. The molecule has 0 aromatic rings. The van der Waals surface area contributed by atoms with Crippen molar-refractivity contribution in [2.45, 2.75) is 123 Å². The predicted octanol–water partition coefficient (Wildman–Crippen LogP) is 6.63. The molecule has 1 N–H and O–H groups in total. The molecule has 0 fully saturated rings. The van der Waals surface area contributed by atoms with Crippen LogP contribution in [-0.4, -0.2) is 10.7 Å². The molecule has 0 unspecified atom stereocenters. The van der Waals surface area contributed by atoms with Crippen LogP contribution in [0.25, 0.3) is 0 Å². The van der Waals surface area contributed by atoms with E-state index < -0.39 is 5.60 Å². The second-order valence-corrected chi connectivity index (χ2v) is 7.16. The van der Waals surface area contributed by atoms with Gasteiger partial charge in [-0.05, 0) is 20.3 Å². The van der Waals surface area contributed by atoms with Crippen LogP contribution in [0.2, 0.25) is 0 Å². The van der Waals surface area contributed by atoms with Gasteiger partial charge < -0.3 is 5.11 Å². The zero-order chi connectivity index (χ0) is 15.1. The summed E-state index contributed by atoms with van der Waals surface area (Å²) in [6.07, 6.45) is 20.5. The molecule has 0 rings (SSSR count). The molecule has 122 valence electrons. The molecule has 0 aromatic heterocycles. The highest BCUT2D eigenvalue weighted by Gasteiger charge is 2.10. The summed E-state index contributed by atoms with van der Waals surface area (Å²) in [5.74, 6) is 0. The first-order valence-corrected chi connectivity index (χ1v) is 9.28. The lowest BCUT2D eigenvalue weighted by Crippen LogP contribution is -2.17. The summed E-state index contributed by atoms with van der Waals surface area (Å²) in [6.45, 7) is 6.11. The van der Waals surface area contributed by atoms with E-state index in [2.05, 4.69) is 6.92 Å². The number of aliphatic hydroxyl groups is 1. The van der Waals surface area contributed by atoms with E-state index >= 15 is 0 Å². The number of unbranched alkanes of at least 4 members (excludes halogenated alkanes) is 13. The third-order valence-electron chi connectivity index (χ3n) is 4.14. The van der Waals surface area contributed by atoms with Crippen LogP contribution in [0.3, 0.4) is 0 Å². The predicted molar refractivity (Wildman–Crippen MR) is 91.2 cm³/mol. The average molecular weight is 285 g/mol. The minimum atomic E-state index is -0.461. The maximum atomic E-state index is 9.61. The average Bonchev–Trinajstić information content (AvgIpc) is 2.38. The van der Waals surface area contributed by atoms with Crippen molar-refractivity contribution in [1.82, 2.24) is 0 Å². The molecule has 0 amide bonds. The SMILES string of the molecule is CCCCCCCCCCCCCCCCC(C)(C)O. The molecule has 0 aliphatic heterocycles. The quantitative estimate of drug-likeness (QED) is 0.335. The highest BCUT2D eigenvalue weighted by atomic mass is 16.3. The van der Waals surface area contributed by atoms with Gasteiger partial charge in [-0.25, -0.2) is 0 Å². The zero-order valence-electron chi connectivity index (χ0n) is 14.6. The second-order valence-electron chi connectivity index (χ2n) is 7.16. The van der Waals surface area contributed by atoms with E-state index in [1.165, 1.54) is 89.9 Å². The topological polar surface area (TPSA) is 20.2 Å². The lowest BCUT2D eigenvalue weighted by Gasteiger charge is -2.16. The smallest absolute Gasteiger partial charge is 0.0591 e. The van der Waals surface area contributed by atoms with Crippen molar-refractivity contribution < 1.29 is 5.11 Å². The van der Waals surface area contributed by atoms with Crippen LogP contribution < -0.4 is 0 Å². The molecule has 1 heteroatoms. The first kappa shape index (κ1) is 20.0. The Morgan fingerprint density at radius 1 is 0.550 bits per heavy atom. The Morgan fingerprint density at radius 2 is 0.850 bits per heavy atom. The Kier molecular flexibility index (Phi) is 13.9. The van der Waals surface area contributed by atoms with Gasteiger partial charge >= 0.3 is 0 Å². The van der Waals surface area contributed by atoms with Crippen molar-refractivity contribution in [2.75, 3.05) is 0 Å². The summed E-state index contributed by atoms with van der Waals surface area (Å²) in [5, 5.41) is 9.61. The van der Waals surface area contributed by atoms with Crippen LogP contribution in [0.5, 0.6) is 0 Å². The molecular weight excluding hydrogens is 244 g/mol. The summed E-state index contributed by atoms with van der Waals surface area (Å²) >= 11 is 0. The molecule has 0 saturated heterocycles. The van der Waals surface area contributed by atoms with Crippen LogP contribution in [0, 0.1) is 0 Å². The van der Waals surface area contributed by atoms with Gasteiger partial charge in [0.15, 0.2) is 0 Å². The van der Waals surface area contributed by atoms with E-state index in [-0.39, 0.29) is 0 Å². The van der Waals surface area contributed by atoms with Crippen molar-refractivity contribution in [3.63, 3.8) is 0 Å². The van der Waals surface area contributed by atoms with Gasteiger partial charge in [-0.2, -0.15) is 0 Å². The first-order chi connectivity index (χ1) is 9.56. The highest BCUT2D eigenvalue weighted by molar-refractivity contribution is 4.64. The molecule has 0 saturated carbocycles. The van der Waals surface area contributed by atoms with E-state index in [0.29, 0.717) is 0 Å². The standard InChI is InChI=1S/C19H40O/c1-4-5-6-7-8-9-10-11-12-13-14-15-16-17-18-19(2,3)20/h20H,4-18H2,1-3H3. The summed E-state index contributed by atoms with van der Waals surface area (Å²) in [7, 11) is 0. The Labute approximate surface area is 128 Å². The molecule has 0 radical (unpaired) electrons. The molecular formula is C19H40O. The third-order valence-corrected chi connectivity index (χ3v) is 4.14. The number of rotatable bonds is 15. The molecule has 0 aliphatic carbocycles. The zero-order valence-corrected chi connectivity index (χ0v) is 14.6. The van der Waals surface area contributed by atoms with Gasteiger partial charge in [-0.15, -0.1) is 0 Å². The molecule has 0 bridgehead atoms. The highest BCUT2D eigenvalue weighted by Crippen LogP contribution is 2.16. The molecule has 0 heterocycles. The second kappa shape index (κ2) is 13.9. The van der Waals surface area contributed by atoms with Crippen molar-refractivity contribution in [3.8, 4) is 0 Å². The maximum absolute atomic E-state index is 9.61. The van der Waals surface area contributed by atoms with Crippen molar-refractivity contribution in [2.24, 2.45) is 0 Å². The fraction of sp³-hybridized carbons (Fsp3) is 1.00. The molecule has 0 aromatic carbocycles. The summed E-state index contributed by atoms with van der Waals surface area (Å²) in [4.78, 5) is 0. The lowest BCUT2D eigenvalue weighted by atomic mass is 9.99. The van der Waals surface area contributed by atoms with Gasteiger partial charge in [0.05, 0.1) is 5.60 Å². The normalized spacial score (nSPS) is 12.0. The molecule has 0 atom stereocenters.